The van der Waals surface area contributed by atoms with Crippen molar-refractivity contribution in [2.75, 3.05) is 19.0 Å². The number of para-hydroxylation sites is 1. The number of carbonyl (C=O) groups excluding carboxylic acids is 2. The topological polar surface area (TPSA) is 58.6 Å². The molecule has 0 heterocycles. The minimum Gasteiger partial charge on any atom is -0.484 e. The Kier molecular flexibility index (Phi) is 7.32. The summed E-state index contributed by atoms with van der Waals surface area (Å²) in [5.41, 5.74) is 3.67. The molecule has 0 aliphatic heterocycles. The molecular formula is C25H25ClN2O3. The van der Waals surface area contributed by atoms with E-state index in [-0.39, 0.29) is 18.4 Å². The number of carbonyl (C=O) groups is 2. The summed E-state index contributed by atoms with van der Waals surface area (Å²) >= 11 is 6.17. The largest absolute Gasteiger partial charge is 0.484 e. The van der Waals surface area contributed by atoms with Crippen molar-refractivity contribution in [3.8, 4) is 5.75 Å². The van der Waals surface area contributed by atoms with Crippen LogP contribution in [0.3, 0.4) is 0 Å². The Morgan fingerprint density at radius 2 is 1.58 bits per heavy atom. The first kappa shape index (κ1) is 22.4. The summed E-state index contributed by atoms with van der Waals surface area (Å²) in [6.45, 7) is 4.06. The molecule has 1 N–H and O–H groups in total. The Morgan fingerprint density at radius 1 is 0.968 bits per heavy atom. The van der Waals surface area contributed by atoms with Gasteiger partial charge in [-0.25, -0.2) is 0 Å². The number of halogens is 1. The van der Waals surface area contributed by atoms with Crippen LogP contribution in [0.4, 0.5) is 5.69 Å². The molecule has 0 bridgehead atoms. The van der Waals surface area contributed by atoms with Crippen molar-refractivity contribution in [1.82, 2.24) is 4.90 Å². The fourth-order valence-electron chi connectivity index (χ4n) is 3.24. The molecule has 0 atom stereocenters. The number of hydrogen-bond acceptors (Lipinski definition) is 3. The predicted molar refractivity (Wildman–Crippen MR) is 124 cm³/mol. The van der Waals surface area contributed by atoms with Crippen molar-refractivity contribution < 1.29 is 14.3 Å². The summed E-state index contributed by atoms with van der Waals surface area (Å²) in [4.78, 5) is 27.1. The monoisotopic (exact) mass is 436 g/mol. The minimum atomic E-state index is -0.351. The van der Waals surface area contributed by atoms with Gasteiger partial charge in [-0.15, -0.1) is 0 Å². The third-order valence-corrected chi connectivity index (χ3v) is 5.42. The lowest BCUT2D eigenvalue weighted by molar-refractivity contribution is -0.118. The normalized spacial score (nSPS) is 10.5. The summed E-state index contributed by atoms with van der Waals surface area (Å²) in [5.74, 6) is 0.0438. The van der Waals surface area contributed by atoms with Crippen LogP contribution in [0.25, 0.3) is 0 Å². The first-order valence-electron chi connectivity index (χ1n) is 9.93. The molecular weight excluding hydrogens is 412 g/mol. The Balaban J connectivity index is 1.65. The molecule has 0 aliphatic rings. The molecule has 0 unspecified atom stereocenters. The lowest BCUT2D eigenvalue weighted by Crippen LogP contribution is -2.28. The zero-order chi connectivity index (χ0) is 22.4. The number of ether oxygens (including phenoxy) is 1. The van der Waals surface area contributed by atoms with Crippen LogP contribution in [0.15, 0.2) is 66.7 Å². The Bertz CT molecular complexity index is 1060. The number of rotatable bonds is 7. The first-order chi connectivity index (χ1) is 14.8. The molecule has 3 rings (SSSR count). The molecule has 0 spiro atoms. The maximum atomic E-state index is 13.0. The summed E-state index contributed by atoms with van der Waals surface area (Å²) in [7, 11) is 1.74. The van der Waals surface area contributed by atoms with Gasteiger partial charge in [0.05, 0.1) is 11.3 Å². The van der Waals surface area contributed by atoms with Gasteiger partial charge in [-0.1, -0.05) is 54.1 Å². The number of hydrogen-bond donors (Lipinski definition) is 1. The van der Waals surface area contributed by atoms with E-state index in [1.165, 1.54) is 0 Å². The molecule has 0 aromatic heterocycles. The van der Waals surface area contributed by atoms with Gasteiger partial charge in [-0.05, 0) is 54.8 Å². The summed E-state index contributed by atoms with van der Waals surface area (Å²) in [6.07, 6.45) is 0. The summed E-state index contributed by atoms with van der Waals surface area (Å²) in [6, 6.07) is 20.3. The van der Waals surface area contributed by atoms with Crippen LogP contribution in [0.1, 0.15) is 27.0 Å². The second-order valence-electron chi connectivity index (χ2n) is 7.40. The van der Waals surface area contributed by atoms with Gasteiger partial charge >= 0.3 is 0 Å². The molecule has 0 saturated carbocycles. The molecule has 0 saturated heterocycles. The minimum absolute atomic E-state index is 0.176. The third kappa shape index (κ3) is 5.86. The highest BCUT2D eigenvalue weighted by Crippen LogP contribution is 2.26. The highest BCUT2D eigenvalue weighted by Gasteiger charge is 2.17. The van der Waals surface area contributed by atoms with Crippen LogP contribution < -0.4 is 10.1 Å². The fraction of sp³-hybridized carbons (Fsp3) is 0.200. The number of benzene rings is 3. The van der Waals surface area contributed by atoms with Crippen LogP contribution in [0, 0.1) is 13.8 Å². The average molecular weight is 437 g/mol. The Hall–Kier alpha value is -3.31. The van der Waals surface area contributed by atoms with Gasteiger partial charge in [0, 0.05) is 18.6 Å². The molecule has 3 aromatic rings. The molecule has 3 aromatic carbocycles. The molecule has 160 valence electrons. The average Bonchev–Trinajstić information content (AvgIpc) is 2.76. The van der Waals surface area contributed by atoms with Crippen molar-refractivity contribution in [3.63, 3.8) is 0 Å². The molecule has 6 heteroatoms. The van der Waals surface area contributed by atoms with Gasteiger partial charge < -0.3 is 15.0 Å². The Labute approximate surface area is 187 Å². The zero-order valence-electron chi connectivity index (χ0n) is 17.8. The second kappa shape index (κ2) is 10.1. The van der Waals surface area contributed by atoms with E-state index in [2.05, 4.69) is 5.32 Å². The van der Waals surface area contributed by atoms with Crippen LogP contribution in [-0.4, -0.2) is 30.4 Å². The number of nitrogens with one attached hydrogen (secondary N) is 1. The van der Waals surface area contributed by atoms with E-state index in [1.807, 2.05) is 44.2 Å². The van der Waals surface area contributed by atoms with Gasteiger partial charge in [0.15, 0.2) is 6.61 Å². The van der Waals surface area contributed by atoms with Crippen LogP contribution in [-0.2, 0) is 11.3 Å². The lowest BCUT2D eigenvalue weighted by Gasteiger charge is -2.19. The molecule has 31 heavy (non-hydrogen) atoms. The number of nitrogens with zero attached hydrogens (tertiary/aromatic N) is 1. The molecule has 0 aliphatic carbocycles. The van der Waals surface area contributed by atoms with Crippen molar-refractivity contribution >= 4 is 29.1 Å². The smallest absolute Gasteiger partial charge is 0.262 e. The van der Waals surface area contributed by atoms with Crippen LogP contribution >= 0.6 is 11.6 Å². The molecule has 0 radical (unpaired) electrons. The quantitative estimate of drug-likeness (QED) is 0.550. The molecule has 2 amide bonds. The first-order valence-corrected chi connectivity index (χ1v) is 10.3. The third-order valence-electron chi connectivity index (χ3n) is 4.82. The van der Waals surface area contributed by atoms with Crippen molar-refractivity contribution in [3.05, 3.63) is 94.0 Å². The van der Waals surface area contributed by atoms with E-state index in [1.54, 1.807) is 48.3 Å². The summed E-state index contributed by atoms with van der Waals surface area (Å²) in [5, 5.41) is 3.47. The van der Waals surface area contributed by atoms with Gasteiger partial charge in [0.25, 0.3) is 11.8 Å². The highest BCUT2D eigenvalue weighted by molar-refractivity contribution is 6.32. The maximum Gasteiger partial charge on any atom is 0.262 e. The highest BCUT2D eigenvalue weighted by atomic mass is 35.5. The second-order valence-corrected chi connectivity index (χ2v) is 7.78. The van der Waals surface area contributed by atoms with Crippen molar-refractivity contribution in [2.45, 2.75) is 20.4 Å². The maximum absolute atomic E-state index is 13.0. The van der Waals surface area contributed by atoms with Gasteiger partial charge in [0.2, 0.25) is 0 Å². The SMILES string of the molecule is Cc1cc(OCC(=O)Nc2ccccc2C(=O)N(C)Cc2ccccc2)cc(C)c1Cl. The van der Waals surface area contributed by atoms with E-state index < -0.39 is 0 Å². The van der Waals surface area contributed by atoms with Crippen LogP contribution in [0.2, 0.25) is 5.02 Å². The Morgan fingerprint density at radius 3 is 2.26 bits per heavy atom. The van der Waals surface area contributed by atoms with E-state index in [9.17, 15) is 9.59 Å². The molecule has 5 nitrogen and oxygen atoms in total. The molecule has 0 fully saturated rings. The van der Waals surface area contributed by atoms with Crippen molar-refractivity contribution in [1.29, 1.82) is 0 Å². The van der Waals surface area contributed by atoms with Crippen LogP contribution in [0.5, 0.6) is 5.75 Å². The summed E-state index contributed by atoms with van der Waals surface area (Å²) < 4.78 is 5.62. The number of amides is 2. The van der Waals surface area contributed by atoms with E-state index >= 15 is 0 Å². The van der Waals surface area contributed by atoms with Crippen molar-refractivity contribution in [2.24, 2.45) is 0 Å². The predicted octanol–water partition coefficient (Wildman–Crippen LogP) is 5.25. The standard InChI is InChI=1S/C25H25ClN2O3/c1-17-13-20(14-18(2)24(17)26)31-16-23(29)27-22-12-8-7-11-21(22)25(30)28(3)15-19-9-5-4-6-10-19/h4-14H,15-16H2,1-3H3,(H,27,29). The fourth-order valence-corrected chi connectivity index (χ4v) is 3.35. The number of aryl methyl sites for hydroxylation is 2. The van der Waals surface area contributed by atoms with E-state index in [0.29, 0.717) is 28.6 Å². The zero-order valence-corrected chi connectivity index (χ0v) is 18.6. The lowest BCUT2D eigenvalue weighted by atomic mass is 10.1. The van der Waals surface area contributed by atoms with E-state index in [0.717, 1.165) is 16.7 Å². The van der Waals surface area contributed by atoms with Gasteiger partial charge in [-0.2, -0.15) is 0 Å². The van der Waals surface area contributed by atoms with Gasteiger partial charge in [0.1, 0.15) is 5.75 Å². The van der Waals surface area contributed by atoms with Gasteiger partial charge in [-0.3, -0.25) is 9.59 Å². The van der Waals surface area contributed by atoms with E-state index in [4.69, 9.17) is 16.3 Å². The number of anilines is 1.